The number of ether oxygens (including phenoxy) is 1. The molecule has 1 atom stereocenters. The van der Waals surface area contributed by atoms with Crippen molar-refractivity contribution < 1.29 is 14.3 Å². The molecule has 1 rings (SSSR count). The van der Waals surface area contributed by atoms with Gasteiger partial charge in [-0.05, 0) is 59.1 Å². The third kappa shape index (κ3) is 5.58. The Bertz CT molecular complexity index is 527. The number of hydrogen-bond acceptors (Lipinski definition) is 3. The van der Waals surface area contributed by atoms with Crippen molar-refractivity contribution in [3.05, 3.63) is 36.1 Å². The number of carbonyl (C=O) groups is 2. The van der Waals surface area contributed by atoms with Crippen LogP contribution in [0.1, 0.15) is 47.5 Å². The van der Waals surface area contributed by atoms with Crippen molar-refractivity contribution in [2.24, 2.45) is 0 Å². The fourth-order valence-electron chi connectivity index (χ4n) is 2.34. The number of nitrogens with zero attached hydrogens (tertiary/aromatic N) is 1. The highest BCUT2D eigenvalue weighted by molar-refractivity contribution is 5.88. The van der Waals surface area contributed by atoms with Gasteiger partial charge in [0.2, 0.25) is 5.91 Å². The molecule has 1 aliphatic heterocycles. The van der Waals surface area contributed by atoms with Crippen molar-refractivity contribution in [2.45, 2.75) is 59.1 Å². The molecule has 1 unspecified atom stereocenters. The number of hydrogen-bond donors (Lipinski definition) is 1. The van der Waals surface area contributed by atoms with Gasteiger partial charge in [-0.25, -0.2) is 4.79 Å². The van der Waals surface area contributed by atoms with Crippen molar-refractivity contribution in [3.63, 3.8) is 0 Å². The van der Waals surface area contributed by atoms with Crippen LogP contribution in [0.25, 0.3) is 0 Å². The Morgan fingerprint density at radius 1 is 1.35 bits per heavy atom. The Hall–Kier alpha value is -2.04. The van der Waals surface area contributed by atoms with Gasteiger partial charge in [0.1, 0.15) is 11.6 Å². The molecule has 1 heterocycles. The number of allylic oxidation sites excluding steroid dienone is 4. The van der Waals surface area contributed by atoms with E-state index in [1.807, 2.05) is 40.7 Å². The fourth-order valence-corrected chi connectivity index (χ4v) is 2.34. The predicted molar refractivity (Wildman–Crippen MR) is 91.8 cm³/mol. The average molecular weight is 320 g/mol. The van der Waals surface area contributed by atoms with Gasteiger partial charge in [0.15, 0.2) is 0 Å². The fraction of sp³-hybridized carbons (Fsp3) is 0.556. The monoisotopic (exact) mass is 320 g/mol. The van der Waals surface area contributed by atoms with Gasteiger partial charge in [0.05, 0.1) is 0 Å². The summed E-state index contributed by atoms with van der Waals surface area (Å²) >= 11 is 0. The Balaban J connectivity index is 2.83. The zero-order valence-electron chi connectivity index (χ0n) is 14.8. The second kappa shape index (κ2) is 7.99. The third-order valence-corrected chi connectivity index (χ3v) is 3.58. The summed E-state index contributed by atoms with van der Waals surface area (Å²) in [7, 11) is 0. The maximum atomic E-state index is 12.6. The lowest BCUT2D eigenvalue weighted by molar-refractivity contribution is -0.124. The lowest BCUT2D eigenvalue weighted by Gasteiger charge is -2.28. The molecular formula is C18H28N2O3. The molecular weight excluding hydrogens is 292 g/mol. The topological polar surface area (TPSA) is 58.6 Å². The van der Waals surface area contributed by atoms with Crippen LogP contribution in [0.3, 0.4) is 0 Å². The Morgan fingerprint density at radius 2 is 2.00 bits per heavy atom. The molecule has 0 aromatic carbocycles. The lowest BCUT2D eigenvalue weighted by atomic mass is 10.1. The molecule has 0 saturated carbocycles. The lowest BCUT2D eigenvalue weighted by Crippen LogP contribution is -2.47. The van der Waals surface area contributed by atoms with Crippen LogP contribution in [0.4, 0.5) is 4.79 Å². The van der Waals surface area contributed by atoms with Gasteiger partial charge in [0, 0.05) is 12.2 Å². The number of rotatable bonds is 4. The highest BCUT2D eigenvalue weighted by Gasteiger charge is 2.36. The summed E-state index contributed by atoms with van der Waals surface area (Å²) in [5.74, 6) is -0.192. The Labute approximate surface area is 139 Å². The molecule has 5 heteroatoms. The molecule has 0 aromatic rings. The number of nitrogens with one attached hydrogen (secondary N) is 1. The minimum Gasteiger partial charge on any atom is -0.444 e. The predicted octanol–water partition coefficient (Wildman–Crippen LogP) is 3.54. The zero-order valence-corrected chi connectivity index (χ0v) is 14.8. The number of likely N-dealkylation sites (tertiary alicyclic amines) is 1. The molecule has 128 valence electrons. The summed E-state index contributed by atoms with van der Waals surface area (Å²) in [6.45, 7) is 13.5. The van der Waals surface area contributed by atoms with E-state index in [0.29, 0.717) is 18.7 Å². The summed E-state index contributed by atoms with van der Waals surface area (Å²) in [5, 5.41) is 2.89. The molecule has 1 saturated heterocycles. The van der Waals surface area contributed by atoms with Gasteiger partial charge in [-0.1, -0.05) is 18.7 Å². The second-order valence-corrected chi connectivity index (χ2v) is 6.61. The van der Waals surface area contributed by atoms with E-state index in [1.54, 1.807) is 12.2 Å². The molecule has 0 spiro atoms. The zero-order chi connectivity index (χ0) is 17.6. The van der Waals surface area contributed by atoms with Crippen molar-refractivity contribution in [1.82, 2.24) is 10.2 Å². The van der Waals surface area contributed by atoms with E-state index in [2.05, 4.69) is 11.9 Å². The molecule has 5 nitrogen and oxygen atoms in total. The summed E-state index contributed by atoms with van der Waals surface area (Å²) in [4.78, 5) is 26.3. The Kier molecular flexibility index (Phi) is 6.61. The molecule has 1 N–H and O–H groups in total. The SMILES string of the molecule is C=C/C=C(NC(=O)C1CCCN1C(=O)OC(C)(C)C)\C(C)=C/C. The van der Waals surface area contributed by atoms with Crippen LogP contribution < -0.4 is 5.32 Å². The van der Waals surface area contributed by atoms with Crippen molar-refractivity contribution in [2.75, 3.05) is 6.54 Å². The summed E-state index contributed by atoms with van der Waals surface area (Å²) in [5.41, 5.74) is 1.07. The van der Waals surface area contributed by atoms with Crippen LogP contribution in [0.15, 0.2) is 36.1 Å². The van der Waals surface area contributed by atoms with Gasteiger partial charge in [-0.2, -0.15) is 0 Å². The van der Waals surface area contributed by atoms with Crippen LogP contribution in [-0.2, 0) is 9.53 Å². The van der Waals surface area contributed by atoms with E-state index in [4.69, 9.17) is 4.74 Å². The molecule has 23 heavy (non-hydrogen) atoms. The first-order valence-electron chi connectivity index (χ1n) is 7.96. The average Bonchev–Trinajstić information content (AvgIpc) is 2.93. The van der Waals surface area contributed by atoms with Crippen molar-refractivity contribution >= 4 is 12.0 Å². The van der Waals surface area contributed by atoms with Gasteiger partial charge >= 0.3 is 6.09 Å². The molecule has 0 bridgehead atoms. The maximum absolute atomic E-state index is 12.6. The highest BCUT2D eigenvalue weighted by Crippen LogP contribution is 2.21. The quantitative estimate of drug-likeness (QED) is 0.806. The smallest absolute Gasteiger partial charge is 0.410 e. The van der Waals surface area contributed by atoms with Crippen molar-refractivity contribution in [1.29, 1.82) is 0 Å². The molecule has 0 aliphatic carbocycles. The standard InChI is InChI=1S/C18H28N2O3/c1-7-10-14(13(3)8-2)19-16(21)15-11-9-12-20(15)17(22)23-18(4,5)6/h7-8,10,15H,1,9,11-12H2,2-6H3,(H,19,21)/b13-8-,14-10+. The van der Waals surface area contributed by atoms with Gasteiger partial charge in [-0.15, -0.1) is 0 Å². The highest BCUT2D eigenvalue weighted by atomic mass is 16.6. The van der Waals surface area contributed by atoms with Crippen LogP contribution >= 0.6 is 0 Å². The third-order valence-electron chi connectivity index (χ3n) is 3.58. The number of amides is 2. The van der Waals surface area contributed by atoms with Crippen LogP contribution in [0.2, 0.25) is 0 Å². The number of carbonyl (C=O) groups excluding carboxylic acids is 2. The molecule has 0 aromatic heterocycles. The second-order valence-electron chi connectivity index (χ2n) is 6.61. The summed E-state index contributed by atoms with van der Waals surface area (Å²) in [6, 6.07) is -0.497. The minimum absolute atomic E-state index is 0.192. The molecule has 0 radical (unpaired) electrons. The van der Waals surface area contributed by atoms with E-state index in [0.717, 1.165) is 12.0 Å². The van der Waals surface area contributed by atoms with E-state index >= 15 is 0 Å². The van der Waals surface area contributed by atoms with Gasteiger partial charge in [-0.3, -0.25) is 9.69 Å². The normalized spacial score (nSPS) is 19.5. The first-order chi connectivity index (χ1) is 10.7. The first kappa shape index (κ1) is 19.0. The summed E-state index contributed by atoms with van der Waals surface area (Å²) in [6.07, 6.45) is 6.28. The maximum Gasteiger partial charge on any atom is 0.410 e. The molecule has 1 fully saturated rings. The van der Waals surface area contributed by atoms with Crippen LogP contribution in [0.5, 0.6) is 0 Å². The minimum atomic E-state index is -0.573. The van der Waals surface area contributed by atoms with Crippen LogP contribution in [-0.4, -0.2) is 35.1 Å². The van der Waals surface area contributed by atoms with Crippen LogP contribution in [0, 0.1) is 0 Å². The Morgan fingerprint density at radius 3 is 2.52 bits per heavy atom. The van der Waals surface area contributed by atoms with Gasteiger partial charge in [0.25, 0.3) is 0 Å². The largest absolute Gasteiger partial charge is 0.444 e. The van der Waals surface area contributed by atoms with E-state index < -0.39 is 17.7 Å². The first-order valence-corrected chi connectivity index (χ1v) is 7.96. The van der Waals surface area contributed by atoms with Crippen molar-refractivity contribution in [3.8, 4) is 0 Å². The van der Waals surface area contributed by atoms with E-state index in [1.165, 1.54) is 4.90 Å². The van der Waals surface area contributed by atoms with E-state index in [9.17, 15) is 9.59 Å². The summed E-state index contributed by atoms with van der Waals surface area (Å²) < 4.78 is 5.39. The van der Waals surface area contributed by atoms with E-state index in [-0.39, 0.29) is 5.91 Å². The molecule has 2 amide bonds. The molecule has 1 aliphatic rings. The van der Waals surface area contributed by atoms with Gasteiger partial charge < -0.3 is 10.1 Å².